The second-order valence-electron chi connectivity index (χ2n) is 5.36. The third-order valence-electron chi connectivity index (χ3n) is 2.68. The first-order chi connectivity index (χ1) is 8.70. The predicted octanol–water partition coefficient (Wildman–Crippen LogP) is 2.92. The summed E-state index contributed by atoms with van der Waals surface area (Å²) in [5.74, 6) is 0. The lowest BCUT2D eigenvalue weighted by molar-refractivity contribution is 0.0528. The van der Waals surface area contributed by atoms with Gasteiger partial charge in [0.25, 0.3) is 0 Å². The van der Waals surface area contributed by atoms with Crippen LogP contribution in [0.5, 0.6) is 0 Å². The summed E-state index contributed by atoms with van der Waals surface area (Å²) >= 11 is 3.47. The highest BCUT2D eigenvalue weighted by Gasteiger charge is 2.21. The number of carbonyl (C=O) groups is 1. The zero-order valence-electron chi connectivity index (χ0n) is 11.8. The molecule has 2 N–H and O–H groups in total. The Hall–Kier alpha value is -1.07. The Morgan fingerprint density at radius 2 is 2.05 bits per heavy atom. The van der Waals surface area contributed by atoms with Gasteiger partial charge in [-0.3, -0.25) is 0 Å². The number of rotatable bonds is 4. The summed E-state index contributed by atoms with van der Waals surface area (Å²) in [4.78, 5) is 13.5. The number of nitrogens with zero attached hydrogens (tertiary/aromatic N) is 1. The van der Waals surface area contributed by atoms with Crippen LogP contribution in [0.2, 0.25) is 0 Å². The summed E-state index contributed by atoms with van der Waals surface area (Å²) in [7, 11) is 1.67. The van der Waals surface area contributed by atoms with E-state index in [-0.39, 0.29) is 18.6 Å². The van der Waals surface area contributed by atoms with Gasteiger partial charge in [0.15, 0.2) is 0 Å². The van der Waals surface area contributed by atoms with Gasteiger partial charge in [-0.05, 0) is 32.4 Å². The summed E-state index contributed by atoms with van der Waals surface area (Å²) in [6, 6.07) is 7.47. The van der Waals surface area contributed by atoms with Crippen LogP contribution in [0.1, 0.15) is 32.4 Å². The number of benzene rings is 1. The van der Waals surface area contributed by atoms with E-state index in [9.17, 15) is 9.90 Å². The number of hydrogen-bond donors (Lipinski definition) is 2. The number of urea groups is 1. The molecule has 106 valence electrons. The van der Waals surface area contributed by atoms with Crippen molar-refractivity contribution in [1.29, 1.82) is 0 Å². The third kappa shape index (κ3) is 5.20. The molecule has 1 aromatic carbocycles. The minimum atomic E-state index is -0.900. The molecule has 1 unspecified atom stereocenters. The van der Waals surface area contributed by atoms with Crippen LogP contribution in [0.4, 0.5) is 4.79 Å². The van der Waals surface area contributed by atoms with E-state index in [0.29, 0.717) is 0 Å². The maximum atomic E-state index is 12.0. The molecule has 1 rings (SSSR count). The summed E-state index contributed by atoms with van der Waals surface area (Å²) < 4.78 is 0.966. The van der Waals surface area contributed by atoms with Gasteiger partial charge in [-0.25, -0.2) is 4.79 Å². The first kappa shape index (κ1) is 16.0. The highest BCUT2D eigenvalue weighted by molar-refractivity contribution is 9.10. The molecule has 0 aliphatic heterocycles. The van der Waals surface area contributed by atoms with Crippen LogP contribution in [-0.2, 0) is 0 Å². The van der Waals surface area contributed by atoms with Gasteiger partial charge in [-0.15, -0.1) is 0 Å². The van der Waals surface area contributed by atoms with Gasteiger partial charge in [-0.1, -0.05) is 34.1 Å². The van der Waals surface area contributed by atoms with Crippen LogP contribution in [0.15, 0.2) is 28.7 Å². The molecule has 0 heterocycles. The maximum Gasteiger partial charge on any atom is 0.317 e. The average Bonchev–Trinajstić information content (AvgIpc) is 2.27. The van der Waals surface area contributed by atoms with E-state index in [4.69, 9.17) is 0 Å². The molecule has 19 heavy (non-hydrogen) atoms. The lowest BCUT2D eigenvalue weighted by Gasteiger charge is -2.27. The summed E-state index contributed by atoms with van der Waals surface area (Å²) in [5, 5.41) is 12.6. The van der Waals surface area contributed by atoms with Gasteiger partial charge < -0.3 is 15.3 Å². The van der Waals surface area contributed by atoms with Gasteiger partial charge >= 0.3 is 6.03 Å². The van der Waals surface area contributed by atoms with Gasteiger partial charge in [0.05, 0.1) is 18.2 Å². The van der Waals surface area contributed by atoms with E-state index in [1.165, 1.54) is 4.90 Å². The minimum absolute atomic E-state index is 0.104. The molecule has 1 atom stereocenters. The quantitative estimate of drug-likeness (QED) is 0.892. The molecular formula is C14H21BrN2O2. The van der Waals surface area contributed by atoms with Crippen LogP contribution >= 0.6 is 15.9 Å². The van der Waals surface area contributed by atoms with Crippen molar-refractivity contribution in [3.05, 3.63) is 34.3 Å². The maximum absolute atomic E-state index is 12.0. The molecule has 0 saturated carbocycles. The van der Waals surface area contributed by atoms with Crippen molar-refractivity contribution in [2.75, 3.05) is 13.6 Å². The number of aliphatic hydroxyl groups is 1. The largest absolute Gasteiger partial charge is 0.389 e. The molecule has 0 fully saturated rings. The molecule has 0 spiro atoms. The summed E-state index contributed by atoms with van der Waals surface area (Å²) in [6.45, 7) is 5.55. The van der Waals surface area contributed by atoms with Gasteiger partial charge in [0.1, 0.15) is 0 Å². The summed E-state index contributed by atoms with van der Waals surface area (Å²) in [6.07, 6.45) is 0. The fraction of sp³-hybridized carbons (Fsp3) is 0.500. The Labute approximate surface area is 122 Å². The van der Waals surface area contributed by atoms with E-state index in [1.807, 2.05) is 31.2 Å². The zero-order chi connectivity index (χ0) is 14.6. The van der Waals surface area contributed by atoms with Crippen LogP contribution in [0, 0.1) is 0 Å². The Bertz CT molecular complexity index is 443. The van der Waals surface area contributed by atoms with Gasteiger partial charge in [-0.2, -0.15) is 0 Å². The number of hydrogen-bond acceptors (Lipinski definition) is 2. The van der Waals surface area contributed by atoms with Crippen LogP contribution < -0.4 is 5.32 Å². The van der Waals surface area contributed by atoms with Crippen molar-refractivity contribution in [3.63, 3.8) is 0 Å². The second kappa shape index (κ2) is 6.39. The van der Waals surface area contributed by atoms with Crippen LogP contribution in [0.25, 0.3) is 0 Å². The number of carbonyl (C=O) groups excluding carboxylic acids is 1. The zero-order valence-corrected chi connectivity index (χ0v) is 13.4. The van der Waals surface area contributed by atoms with Crippen molar-refractivity contribution < 1.29 is 9.90 Å². The van der Waals surface area contributed by atoms with E-state index >= 15 is 0 Å². The smallest absolute Gasteiger partial charge is 0.317 e. The van der Waals surface area contributed by atoms with Crippen molar-refractivity contribution >= 4 is 22.0 Å². The highest BCUT2D eigenvalue weighted by Crippen LogP contribution is 2.22. The molecule has 0 radical (unpaired) electrons. The molecule has 0 bridgehead atoms. The molecule has 5 heteroatoms. The first-order valence-corrected chi connectivity index (χ1v) is 6.98. The van der Waals surface area contributed by atoms with Crippen LogP contribution in [0.3, 0.4) is 0 Å². The highest BCUT2D eigenvalue weighted by atomic mass is 79.9. The number of nitrogens with one attached hydrogen (secondary N) is 1. The molecule has 0 aromatic heterocycles. The van der Waals surface area contributed by atoms with Crippen molar-refractivity contribution in [2.45, 2.75) is 32.4 Å². The molecule has 1 aromatic rings. The fourth-order valence-corrected chi connectivity index (χ4v) is 2.48. The number of halogens is 1. The Morgan fingerprint density at radius 3 is 2.58 bits per heavy atom. The Morgan fingerprint density at radius 1 is 1.47 bits per heavy atom. The lowest BCUT2D eigenvalue weighted by atomic mass is 10.1. The van der Waals surface area contributed by atoms with E-state index in [0.717, 1.165) is 10.0 Å². The van der Waals surface area contributed by atoms with Gasteiger partial charge in [0, 0.05) is 11.5 Å². The monoisotopic (exact) mass is 328 g/mol. The molecule has 0 saturated heterocycles. The first-order valence-electron chi connectivity index (χ1n) is 6.19. The molecule has 0 aliphatic rings. The summed E-state index contributed by atoms with van der Waals surface area (Å²) in [5.41, 5.74) is 0.121. The van der Waals surface area contributed by atoms with E-state index in [2.05, 4.69) is 21.2 Å². The normalized spacial score (nSPS) is 12.9. The molecular weight excluding hydrogens is 308 g/mol. The fourth-order valence-electron chi connectivity index (χ4n) is 1.85. The molecule has 0 aliphatic carbocycles. The molecule has 4 nitrogen and oxygen atoms in total. The average molecular weight is 329 g/mol. The van der Waals surface area contributed by atoms with Crippen molar-refractivity contribution in [3.8, 4) is 0 Å². The van der Waals surface area contributed by atoms with Crippen LogP contribution in [-0.4, -0.2) is 35.2 Å². The lowest BCUT2D eigenvalue weighted by Crippen LogP contribution is -2.45. The van der Waals surface area contributed by atoms with E-state index < -0.39 is 5.60 Å². The predicted molar refractivity (Wildman–Crippen MR) is 80.0 cm³/mol. The Balaban J connectivity index is 2.65. The third-order valence-corrected chi connectivity index (χ3v) is 3.40. The minimum Gasteiger partial charge on any atom is -0.389 e. The molecule has 2 amide bonds. The SMILES string of the molecule is CC(NC(=O)N(C)CC(C)(C)O)c1ccccc1Br. The number of amides is 2. The second-order valence-corrected chi connectivity index (χ2v) is 6.22. The van der Waals surface area contributed by atoms with Gasteiger partial charge in [0.2, 0.25) is 0 Å². The standard InChI is InChI=1S/C14H21BrN2O2/c1-10(11-7-5-6-8-12(11)15)16-13(18)17(4)9-14(2,3)19/h5-8,10,19H,9H2,1-4H3,(H,16,18). The topological polar surface area (TPSA) is 52.6 Å². The van der Waals surface area contributed by atoms with Crippen molar-refractivity contribution in [1.82, 2.24) is 10.2 Å². The Kier molecular flexibility index (Phi) is 5.38. The number of likely N-dealkylation sites (N-methyl/N-ethyl adjacent to an activating group) is 1. The van der Waals surface area contributed by atoms with Crippen molar-refractivity contribution in [2.24, 2.45) is 0 Å². The van der Waals surface area contributed by atoms with E-state index in [1.54, 1.807) is 20.9 Å².